The van der Waals surface area contributed by atoms with Crippen LogP contribution in [0.4, 0.5) is 13.2 Å². The lowest BCUT2D eigenvalue weighted by atomic mass is 10.0. The molecule has 0 N–H and O–H groups in total. The number of hydrogen-bond acceptors (Lipinski definition) is 3. The minimum Gasteiger partial charge on any atom is -0.497 e. The summed E-state index contributed by atoms with van der Waals surface area (Å²) < 4.78 is 43.7. The van der Waals surface area contributed by atoms with Crippen molar-refractivity contribution in [2.45, 2.75) is 44.2 Å². The molecule has 0 unspecified atom stereocenters. The number of aromatic nitrogens is 1. The first-order chi connectivity index (χ1) is 13.3. The summed E-state index contributed by atoms with van der Waals surface area (Å²) in [6.45, 7) is 0.0623. The summed E-state index contributed by atoms with van der Waals surface area (Å²) in [5, 5.41) is 0.626. The molecule has 2 aliphatic carbocycles. The molecule has 0 saturated heterocycles. The van der Waals surface area contributed by atoms with Gasteiger partial charge in [-0.1, -0.05) is 0 Å². The number of amides is 1. The number of pyridine rings is 1. The van der Waals surface area contributed by atoms with Crippen LogP contribution in [0.15, 0.2) is 24.3 Å². The van der Waals surface area contributed by atoms with Gasteiger partial charge in [-0.2, -0.15) is 13.2 Å². The van der Waals surface area contributed by atoms with Gasteiger partial charge < -0.3 is 9.64 Å². The number of alkyl halides is 3. The molecule has 1 heterocycles. The van der Waals surface area contributed by atoms with E-state index in [1.807, 2.05) is 0 Å². The van der Waals surface area contributed by atoms with Gasteiger partial charge in [0.1, 0.15) is 5.75 Å². The molecule has 7 heteroatoms. The maximum Gasteiger partial charge on any atom is 0.390 e. The van der Waals surface area contributed by atoms with Crippen LogP contribution in [0.2, 0.25) is 0 Å². The van der Waals surface area contributed by atoms with Crippen LogP contribution in [0.1, 0.15) is 54.1 Å². The Balaban J connectivity index is 1.71. The van der Waals surface area contributed by atoms with E-state index in [1.165, 1.54) is 12.0 Å². The van der Waals surface area contributed by atoms with Crippen LogP contribution in [-0.2, 0) is 0 Å². The van der Waals surface area contributed by atoms with E-state index in [2.05, 4.69) is 4.98 Å². The van der Waals surface area contributed by atoms with Crippen LogP contribution < -0.4 is 4.74 Å². The summed E-state index contributed by atoms with van der Waals surface area (Å²) in [5.41, 5.74) is 1.95. The van der Waals surface area contributed by atoms with Gasteiger partial charge in [-0.15, -0.1) is 0 Å². The smallest absolute Gasteiger partial charge is 0.390 e. The Morgan fingerprint density at radius 1 is 1.21 bits per heavy atom. The minimum atomic E-state index is -4.29. The maximum absolute atomic E-state index is 13.3. The number of benzene rings is 1. The Kier molecular flexibility index (Phi) is 4.93. The standard InChI is InChI=1S/C21H23F3N2O2/c1-28-15-6-7-18-16(10-15)17(11-19(25-18)14-4-5-14)20(27)26(12-13-2-3-13)9-8-21(22,23)24/h6-7,10-11,13-14H,2-5,8-9,12H2,1H3. The first-order valence-corrected chi connectivity index (χ1v) is 9.69. The van der Waals surface area contributed by atoms with Gasteiger partial charge in [0.05, 0.1) is 24.6 Å². The zero-order valence-corrected chi connectivity index (χ0v) is 15.8. The van der Waals surface area contributed by atoms with Crippen LogP contribution >= 0.6 is 0 Å². The second-order valence-electron chi connectivity index (χ2n) is 7.81. The molecule has 150 valence electrons. The number of hydrogen-bond donors (Lipinski definition) is 0. The zero-order valence-electron chi connectivity index (χ0n) is 15.8. The van der Waals surface area contributed by atoms with Gasteiger partial charge in [0.15, 0.2) is 0 Å². The third-order valence-corrected chi connectivity index (χ3v) is 5.39. The number of fused-ring (bicyclic) bond motifs is 1. The quantitative estimate of drug-likeness (QED) is 0.671. The molecule has 0 radical (unpaired) electrons. The van der Waals surface area contributed by atoms with Gasteiger partial charge in [-0.3, -0.25) is 9.78 Å². The Bertz CT molecular complexity index is 889. The second-order valence-corrected chi connectivity index (χ2v) is 7.81. The highest BCUT2D eigenvalue weighted by Crippen LogP contribution is 2.41. The molecule has 4 rings (SSSR count). The molecular weight excluding hydrogens is 369 g/mol. The van der Waals surface area contributed by atoms with Crippen molar-refractivity contribution in [1.82, 2.24) is 9.88 Å². The van der Waals surface area contributed by atoms with Gasteiger partial charge in [0.25, 0.3) is 5.91 Å². The molecule has 2 fully saturated rings. The van der Waals surface area contributed by atoms with Crippen LogP contribution in [0, 0.1) is 5.92 Å². The molecule has 28 heavy (non-hydrogen) atoms. The van der Waals surface area contributed by atoms with E-state index in [4.69, 9.17) is 4.74 Å². The summed E-state index contributed by atoms with van der Waals surface area (Å²) >= 11 is 0. The molecule has 2 aliphatic rings. The fourth-order valence-electron chi connectivity index (χ4n) is 3.44. The molecule has 0 bridgehead atoms. The molecule has 0 atom stereocenters. The van der Waals surface area contributed by atoms with E-state index >= 15 is 0 Å². The van der Waals surface area contributed by atoms with Crippen molar-refractivity contribution in [3.63, 3.8) is 0 Å². The number of ether oxygens (including phenoxy) is 1. The fourth-order valence-corrected chi connectivity index (χ4v) is 3.44. The van der Waals surface area contributed by atoms with Crippen LogP contribution in [0.25, 0.3) is 10.9 Å². The van der Waals surface area contributed by atoms with E-state index < -0.39 is 12.6 Å². The average molecular weight is 392 g/mol. The Morgan fingerprint density at radius 2 is 1.96 bits per heavy atom. The summed E-state index contributed by atoms with van der Waals surface area (Å²) in [6, 6.07) is 7.10. The van der Waals surface area contributed by atoms with Gasteiger partial charge in [0.2, 0.25) is 0 Å². The van der Waals surface area contributed by atoms with Crippen molar-refractivity contribution in [3.05, 3.63) is 35.5 Å². The maximum atomic E-state index is 13.3. The molecule has 0 aliphatic heterocycles. The second kappa shape index (κ2) is 7.26. The van der Waals surface area contributed by atoms with Gasteiger partial charge in [-0.25, -0.2) is 0 Å². The largest absolute Gasteiger partial charge is 0.497 e. The van der Waals surface area contributed by atoms with E-state index in [1.54, 1.807) is 24.3 Å². The van der Waals surface area contributed by atoms with Crippen molar-refractivity contribution in [3.8, 4) is 5.75 Å². The van der Waals surface area contributed by atoms with E-state index in [-0.39, 0.29) is 12.5 Å². The molecule has 1 aromatic heterocycles. The van der Waals surface area contributed by atoms with Crippen molar-refractivity contribution in [2.75, 3.05) is 20.2 Å². The number of methoxy groups -OCH3 is 1. The van der Waals surface area contributed by atoms with Crippen molar-refractivity contribution in [1.29, 1.82) is 0 Å². The predicted molar refractivity (Wildman–Crippen MR) is 99.6 cm³/mol. The van der Waals surface area contributed by atoms with Crippen molar-refractivity contribution >= 4 is 16.8 Å². The van der Waals surface area contributed by atoms with E-state index in [9.17, 15) is 18.0 Å². The highest BCUT2D eigenvalue weighted by Gasteiger charge is 2.34. The third-order valence-electron chi connectivity index (χ3n) is 5.39. The molecule has 2 saturated carbocycles. The Labute approximate surface area is 161 Å². The number of carbonyl (C=O) groups excluding carboxylic acids is 1. The van der Waals surface area contributed by atoms with Crippen LogP contribution in [-0.4, -0.2) is 42.2 Å². The van der Waals surface area contributed by atoms with Gasteiger partial charge >= 0.3 is 6.18 Å². The van der Waals surface area contributed by atoms with Crippen molar-refractivity contribution < 1.29 is 22.7 Å². The zero-order chi connectivity index (χ0) is 19.9. The Morgan fingerprint density at radius 3 is 2.57 bits per heavy atom. The summed E-state index contributed by atoms with van der Waals surface area (Å²) in [5.74, 6) is 0.887. The van der Waals surface area contributed by atoms with E-state index in [0.29, 0.717) is 40.6 Å². The third kappa shape index (κ3) is 4.39. The first-order valence-electron chi connectivity index (χ1n) is 9.69. The normalized spacial score (nSPS) is 17.0. The van der Waals surface area contributed by atoms with Gasteiger partial charge in [-0.05, 0) is 55.9 Å². The highest BCUT2D eigenvalue weighted by atomic mass is 19.4. The number of rotatable bonds is 7. The van der Waals surface area contributed by atoms with Crippen LogP contribution in [0.3, 0.4) is 0 Å². The number of carbonyl (C=O) groups is 1. The topological polar surface area (TPSA) is 42.4 Å². The van der Waals surface area contributed by atoms with Gasteiger partial charge in [0, 0.05) is 30.1 Å². The van der Waals surface area contributed by atoms with E-state index in [0.717, 1.165) is 31.4 Å². The average Bonchev–Trinajstić information content (AvgIpc) is 3.55. The lowest BCUT2D eigenvalue weighted by molar-refractivity contribution is -0.136. The molecule has 4 nitrogen and oxygen atoms in total. The first kappa shape index (κ1) is 19.0. The summed E-state index contributed by atoms with van der Waals surface area (Å²) in [6.07, 6.45) is -1.29. The molecule has 1 amide bonds. The Hall–Kier alpha value is -2.31. The predicted octanol–water partition coefficient (Wildman–Crippen LogP) is 4.93. The summed E-state index contributed by atoms with van der Waals surface area (Å²) in [4.78, 5) is 19.4. The fraction of sp³-hybridized carbons (Fsp3) is 0.524. The summed E-state index contributed by atoms with van der Waals surface area (Å²) in [7, 11) is 1.54. The highest BCUT2D eigenvalue weighted by molar-refractivity contribution is 6.06. The van der Waals surface area contributed by atoms with Crippen molar-refractivity contribution in [2.24, 2.45) is 5.92 Å². The molecule has 1 aromatic carbocycles. The lowest BCUT2D eigenvalue weighted by Crippen LogP contribution is -2.36. The number of halogens is 3. The molecule has 2 aromatic rings. The number of nitrogens with zero attached hydrogens (tertiary/aromatic N) is 2. The SMILES string of the molecule is COc1ccc2nc(C3CC3)cc(C(=O)N(CCC(F)(F)F)CC3CC3)c2c1. The minimum absolute atomic E-state index is 0.308. The monoisotopic (exact) mass is 392 g/mol. The molecular formula is C21H23F3N2O2. The lowest BCUT2D eigenvalue weighted by Gasteiger charge is -2.24. The van der Waals surface area contributed by atoms with Crippen LogP contribution in [0.5, 0.6) is 5.75 Å². The molecule has 0 spiro atoms.